The average molecular weight is 1110 g/mol. The van der Waals surface area contributed by atoms with Crippen LogP contribution in [0, 0.1) is 0 Å². The van der Waals surface area contributed by atoms with Gasteiger partial charge in [-0.15, -0.1) is 0 Å². The van der Waals surface area contributed by atoms with Crippen molar-refractivity contribution in [2.24, 2.45) is 0 Å². The number of aryl methyl sites for hydroxylation is 4. The summed E-state index contributed by atoms with van der Waals surface area (Å²) in [4.78, 5) is 0. The Hall–Kier alpha value is -6.16. The molecule has 0 heterocycles. The number of alkyl halides is 12. The van der Waals surface area contributed by atoms with Gasteiger partial charge in [0.05, 0.1) is 26.4 Å². The molecule has 0 saturated heterocycles. The largest absolute Gasteiger partial charge is 0.489 e. The second-order valence-corrected chi connectivity index (χ2v) is 18.4. The lowest BCUT2D eigenvalue weighted by Crippen LogP contribution is -2.54. The van der Waals surface area contributed by atoms with E-state index in [0.717, 1.165) is 28.8 Å². The third kappa shape index (κ3) is 13.6. The van der Waals surface area contributed by atoms with Gasteiger partial charge >= 0.3 is 24.7 Å². The molecule has 20 heteroatoms. The van der Waals surface area contributed by atoms with Crippen LogP contribution in [-0.2, 0) is 76.5 Å². The van der Waals surface area contributed by atoms with E-state index in [9.17, 15) is 83.3 Å². The van der Waals surface area contributed by atoms with Crippen molar-refractivity contribution in [1.82, 2.24) is 0 Å². The van der Waals surface area contributed by atoms with Crippen LogP contribution < -0.4 is 9.47 Å². The lowest BCUT2D eigenvalue weighted by molar-refractivity contribution is -0.376. The number of hydrogen-bond donors (Lipinski definition) is 6. The molecule has 0 atom stereocenters. The number of benzene rings is 6. The third-order valence-electron chi connectivity index (χ3n) is 13.3. The Bertz CT molecular complexity index is 2740. The van der Waals surface area contributed by atoms with Crippen LogP contribution in [0.1, 0.15) is 107 Å². The highest BCUT2D eigenvalue weighted by atomic mass is 19.4. The Morgan fingerprint density at radius 1 is 0.346 bits per heavy atom. The van der Waals surface area contributed by atoms with E-state index in [1.54, 1.807) is 74.5 Å². The third-order valence-corrected chi connectivity index (χ3v) is 13.3. The molecule has 0 amide bonds. The minimum Gasteiger partial charge on any atom is -0.489 e. The van der Waals surface area contributed by atoms with Crippen LogP contribution in [0.5, 0.6) is 11.5 Å². The molecule has 78 heavy (non-hydrogen) atoms. The molecular formula is C58H60F12O8. The first-order valence-corrected chi connectivity index (χ1v) is 24.8. The highest BCUT2D eigenvalue weighted by molar-refractivity contribution is 5.74. The van der Waals surface area contributed by atoms with Gasteiger partial charge in [0.25, 0.3) is 11.2 Å². The van der Waals surface area contributed by atoms with E-state index in [0.29, 0.717) is 99.4 Å². The minimum absolute atomic E-state index is 0.101. The Morgan fingerprint density at radius 3 is 1.08 bits per heavy atom. The Labute approximate surface area is 443 Å². The topological polar surface area (TPSA) is 140 Å². The molecule has 6 aromatic rings. The maximum Gasteiger partial charge on any atom is 0.430 e. The van der Waals surface area contributed by atoms with Gasteiger partial charge in [-0.1, -0.05) is 113 Å². The number of aliphatic hydroxyl groups is 6. The quantitative estimate of drug-likeness (QED) is 0.0416. The summed E-state index contributed by atoms with van der Waals surface area (Å²) in [6, 6.07) is 25.9. The molecule has 6 rings (SSSR count). The van der Waals surface area contributed by atoms with Gasteiger partial charge in [0.2, 0.25) is 0 Å². The van der Waals surface area contributed by atoms with E-state index in [2.05, 4.69) is 0 Å². The van der Waals surface area contributed by atoms with Crippen molar-refractivity contribution in [3.63, 3.8) is 0 Å². The molecule has 0 aliphatic carbocycles. The molecule has 0 spiro atoms. The summed E-state index contributed by atoms with van der Waals surface area (Å²) in [5.74, 6) is 0.875. The molecule has 0 aromatic heterocycles. The predicted molar refractivity (Wildman–Crippen MR) is 268 cm³/mol. The standard InChI is InChI=1S/2C29H30F6O4/c1-3-5-20-13-23(27(38,28(30,31)32)29(33,34)35)9-11-25(20)26-14-24(10-8-19(26)4-2)39-17-18-6-7-21(15-36)22(12-18)16-37;1-3-5-20-13-23(27(38,28(30,31)32)29(33,34)35)9-11-25(20)26-12-18(6-7-19(26)4-2)17-39-24-10-8-21(15-36)22(14-24)16-37/h2*6-14,36-38H,3-5,15-17H2,1-2H3. The van der Waals surface area contributed by atoms with Crippen molar-refractivity contribution in [3.05, 3.63) is 176 Å². The summed E-state index contributed by atoms with van der Waals surface area (Å²) in [5.41, 5.74) is -4.62. The highest BCUT2D eigenvalue weighted by Gasteiger charge is 2.72. The van der Waals surface area contributed by atoms with E-state index >= 15 is 0 Å². The first-order chi connectivity index (χ1) is 36.6. The number of halogens is 12. The summed E-state index contributed by atoms with van der Waals surface area (Å²) in [6.45, 7) is 6.48. The smallest absolute Gasteiger partial charge is 0.430 e. The van der Waals surface area contributed by atoms with Crippen LogP contribution in [0.3, 0.4) is 0 Å². The van der Waals surface area contributed by atoms with Crippen molar-refractivity contribution >= 4 is 0 Å². The van der Waals surface area contributed by atoms with E-state index < -0.39 is 47.0 Å². The fraction of sp³-hybridized carbons (Fsp3) is 0.379. The van der Waals surface area contributed by atoms with Crippen molar-refractivity contribution in [2.75, 3.05) is 0 Å². The molecule has 6 aromatic carbocycles. The van der Waals surface area contributed by atoms with Gasteiger partial charge in [0.15, 0.2) is 0 Å². The molecule has 0 radical (unpaired) electrons. The van der Waals surface area contributed by atoms with Gasteiger partial charge in [-0.2, -0.15) is 52.7 Å². The molecule has 0 saturated carbocycles. The van der Waals surface area contributed by atoms with E-state index in [4.69, 9.17) is 9.47 Å². The van der Waals surface area contributed by atoms with Gasteiger partial charge in [0.1, 0.15) is 24.7 Å². The van der Waals surface area contributed by atoms with Gasteiger partial charge in [-0.25, -0.2) is 0 Å². The second-order valence-electron chi connectivity index (χ2n) is 18.4. The Morgan fingerprint density at radius 2 is 0.692 bits per heavy atom. The number of hydrogen-bond acceptors (Lipinski definition) is 8. The van der Waals surface area contributed by atoms with Gasteiger partial charge in [0, 0.05) is 11.1 Å². The van der Waals surface area contributed by atoms with Crippen molar-refractivity contribution in [3.8, 4) is 33.8 Å². The van der Waals surface area contributed by atoms with Crippen molar-refractivity contribution < 1.29 is 92.8 Å². The fourth-order valence-electron chi connectivity index (χ4n) is 8.97. The van der Waals surface area contributed by atoms with Crippen LogP contribution in [0.4, 0.5) is 52.7 Å². The van der Waals surface area contributed by atoms with Crippen LogP contribution >= 0.6 is 0 Å². The van der Waals surface area contributed by atoms with E-state index in [1.165, 1.54) is 12.1 Å². The molecule has 0 aliphatic rings. The SMILES string of the molecule is CCCc1cc(C(O)(C(F)(F)F)C(F)(F)F)ccc1-c1cc(COc2ccc(CO)c(CO)c2)ccc1CC.CCCc1cc(C(O)(C(F)(F)F)C(F)(F)F)ccc1-c1cc(OCc2ccc(CO)c(CO)c2)ccc1CC. The van der Waals surface area contributed by atoms with Crippen LogP contribution in [0.2, 0.25) is 0 Å². The zero-order valence-corrected chi connectivity index (χ0v) is 42.9. The zero-order chi connectivity index (χ0) is 58.0. The highest BCUT2D eigenvalue weighted by Crippen LogP contribution is 2.52. The fourth-order valence-corrected chi connectivity index (χ4v) is 8.97. The summed E-state index contributed by atoms with van der Waals surface area (Å²) < 4.78 is 174. The van der Waals surface area contributed by atoms with Crippen LogP contribution in [0.15, 0.2) is 109 Å². The minimum atomic E-state index is -5.97. The molecule has 8 nitrogen and oxygen atoms in total. The molecule has 424 valence electrons. The van der Waals surface area contributed by atoms with Gasteiger partial charge in [-0.05, 0) is 140 Å². The first kappa shape index (κ1) is 62.7. The molecular weight excluding hydrogens is 1050 g/mol. The summed E-state index contributed by atoms with van der Waals surface area (Å²) in [6.07, 6.45) is -21.5. The van der Waals surface area contributed by atoms with Crippen LogP contribution in [-0.4, -0.2) is 55.3 Å². The predicted octanol–water partition coefficient (Wildman–Crippen LogP) is 13.5. The van der Waals surface area contributed by atoms with Crippen molar-refractivity contribution in [1.29, 1.82) is 0 Å². The van der Waals surface area contributed by atoms with E-state index in [-0.39, 0.29) is 63.6 Å². The maximum absolute atomic E-state index is 13.5. The van der Waals surface area contributed by atoms with Gasteiger partial charge < -0.3 is 40.1 Å². The molecule has 0 unspecified atom stereocenters. The Balaban J connectivity index is 0.000000287. The van der Waals surface area contributed by atoms with Gasteiger partial charge in [-0.3, -0.25) is 0 Å². The molecule has 0 aliphatic heterocycles. The van der Waals surface area contributed by atoms with E-state index in [1.807, 2.05) is 26.0 Å². The Kier molecular flexibility index (Phi) is 20.7. The summed E-state index contributed by atoms with van der Waals surface area (Å²) in [7, 11) is 0. The first-order valence-electron chi connectivity index (χ1n) is 24.8. The maximum atomic E-state index is 13.5. The van der Waals surface area contributed by atoms with Crippen molar-refractivity contribution in [2.45, 2.75) is 142 Å². The number of rotatable bonds is 20. The molecule has 0 bridgehead atoms. The lowest BCUT2D eigenvalue weighted by atomic mass is 9.85. The summed E-state index contributed by atoms with van der Waals surface area (Å²) >= 11 is 0. The monoisotopic (exact) mass is 1110 g/mol. The molecule has 6 N–H and O–H groups in total. The normalized spacial score (nSPS) is 12.6. The second kappa shape index (κ2) is 25.7. The number of aliphatic hydroxyl groups excluding tert-OH is 4. The summed E-state index contributed by atoms with van der Waals surface area (Å²) in [5, 5.41) is 57.6. The van der Waals surface area contributed by atoms with Crippen LogP contribution in [0.25, 0.3) is 22.3 Å². The number of ether oxygens (including phenoxy) is 2. The zero-order valence-electron chi connectivity index (χ0n) is 42.9. The lowest BCUT2D eigenvalue weighted by Gasteiger charge is -2.33. The molecule has 0 fully saturated rings. The average Bonchev–Trinajstić information content (AvgIpc) is 3.40.